The van der Waals surface area contributed by atoms with Crippen molar-refractivity contribution in [2.75, 3.05) is 13.1 Å². The van der Waals surface area contributed by atoms with E-state index >= 15 is 0 Å². The molecule has 0 fully saturated rings. The van der Waals surface area contributed by atoms with Crippen LogP contribution in [0.4, 0.5) is 0 Å². The van der Waals surface area contributed by atoms with Gasteiger partial charge in [-0.25, -0.2) is 0 Å². The van der Waals surface area contributed by atoms with Gasteiger partial charge in [0.1, 0.15) is 0 Å². The normalized spacial score (nSPS) is 13.9. The molecule has 2 aromatic carbocycles. The minimum atomic E-state index is -0.131. The topological polar surface area (TPSA) is 72.2 Å². The number of Topliss-reactive ketones (excluding diaryl/α,β-unsaturated/α-hetero) is 2. The fourth-order valence-electron chi connectivity index (χ4n) is 3.05. The first-order chi connectivity index (χ1) is 12.0. The number of aryl methyl sites for hydroxylation is 2. The first-order valence-corrected chi connectivity index (χ1v) is 8.49. The first-order valence-electron chi connectivity index (χ1n) is 8.49. The number of nitrogens with one attached hydrogen (secondary N) is 1. The third kappa shape index (κ3) is 3.13. The van der Waals surface area contributed by atoms with E-state index in [-0.39, 0.29) is 11.6 Å². The number of allylic oxidation sites excluding steroid dienone is 2. The zero-order valence-electron chi connectivity index (χ0n) is 14.6. The van der Waals surface area contributed by atoms with Gasteiger partial charge in [0.15, 0.2) is 5.78 Å². The molecular weight excluding hydrogens is 312 g/mol. The molecule has 0 spiro atoms. The Labute approximate surface area is 147 Å². The molecule has 0 saturated heterocycles. The van der Waals surface area contributed by atoms with E-state index in [1.54, 1.807) is 0 Å². The van der Waals surface area contributed by atoms with Crippen molar-refractivity contribution in [3.63, 3.8) is 0 Å². The van der Waals surface area contributed by atoms with Gasteiger partial charge in [0.25, 0.3) is 0 Å². The second-order valence-electron chi connectivity index (χ2n) is 6.33. The summed E-state index contributed by atoms with van der Waals surface area (Å²) in [6.07, 6.45) is 0.729. The highest BCUT2D eigenvalue weighted by atomic mass is 16.1. The van der Waals surface area contributed by atoms with Crippen LogP contribution in [0.5, 0.6) is 0 Å². The molecule has 25 heavy (non-hydrogen) atoms. The molecule has 2 aromatic rings. The van der Waals surface area contributed by atoms with Crippen LogP contribution < -0.4 is 11.1 Å². The second kappa shape index (κ2) is 7.03. The van der Waals surface area contributed by atoms with Crippen LogP contribution in [0.15, 0.2) is 48.2 Å². The highest BCUT2D eigenvalue weighted by Crippen LogP contribution is 2.32. The summed E-state index contributed by atoms with van der Waals surface area (Å²) in [5, 5.41) is 3.16. The van der Waals surface area contributed by atoms with Crippen molar-refractivity contribution in [3.8, 4) is 0 Å². The van der Waals surface area contributed by atoms with E-state index in [0.29, 0.717) is 35.5 Å². The lowest BCUT2D eigenvalue weighted by Gasteiger charge is -2.23. The molecule has 0 radical (unpaired) electrons. The Bertz CT molecular complexity index is 867. The van der Waals surface area contributed by atoms with Crippen LogP contribution in [-0.2, 0) is 0 Å². The lowest BCUT2D eigenvalue weighted by atomic mass is 9.82. The Morgan fingerprint density at radius 3 is 2.12 bits per heavy atom. The number of nitrogens with two attached hydrogens (primary N) is 1. The smallest absolute Gasteiger partial charge is 0.210 e. The van der Waals surface area contributed by atoms with Crippen molar-refractivity contribution in [2.24, 2.45) is 5.73 Å². The van der Waals surface area contributed by atoms with E-state index in [4.69, 9.17) is 5.73 Å². The number of rotatable bonds is 5. The van der Waals surface area contributed by atoms with E-state index < -0.39 is 0 Å². The highest BCUT2D eigenvalue weighted by Gasteiger charge is 2.33. The molecule has 0 amide bonds. The van der Waals surface area contributed by atoms with Gasteiger partial charge in [-0.2, -0.15) is 0 Å². The Morgan fingerprint density at radius 2 is 1.52 bits per heavy atom. The van der Waals surface area contributed by atoms with E-state index in [1.165, 1.54) is 0 Å². The van der Waals surface area contributed by atoms with Crippen LogP contribution >= 0.6 is 0 Å². The minimum Gasteiger partial charge on any atom is -0.381 e. The molecule has 0 atom stereocenters. The Hall–Kier alpha value is -2.72. The highest BCUT2D eigenvalue weighted by molar-refractivity contribution is 6.40. The van der Waals surface area contributed by atoms with Crippen LogP contribution in [0.3, 0.4) is 0 Å². The van der Waals surface area contributed by atoms with E-state index in [2.05, 4.69) is 5.32 Å². The summed E-state index contributed by atoms with van der Waals surface area (Å²) in [6, 6.07) is 13.0. The number of hydrogen-bond acceptors (Lipinski definition) is 4. The SMILES string of the molecule is Cc1cc2c(cc1C)C(=O)C(c1ccccc1)=C(NCCCN)C2=O. The van der Waals surface area contributed by atoms with E-state index in [0.717, 1.165) is 23.1 Å². The second-order valence-corrected chi connectivity index (χ2v) is 6.33. The molecule has 1 aliphatic carbocycles. The Kier molecular flexibility index (Phi) is 4.81. The fraction of sp³-hybridized carbons (Fsp3) is 0.238. The molecular formula is C21H22N2O2. The summed E-state index contributed by atoms with van der Waals surface area (Å²) >= 11 is 0. The van der Waals surface area contributed by atoms with Crippen molar-refractivity contribution in [3.05, 3.63) is 76.0 Å². The first kappa shape index (κ1) is 17.1. The number of hydrogen-bond donors (Lipinski definition) is 2. The number of carbonyl (C=O) groups excluding carboxylic acids is 2. The molecule has 0 saturated carbocycles. The van der Waals surface area contributed by atoms with Crippen LogP contribution in [0, 0.1) is 13.8 Å². The molecule has 1 aliphatic rings. The van der Waals surface area contributed by atoms with Crippen LogP contribution in [0.25, 0.3) is 5.57 Å². The van der Waals surface area contributed by atoms with Gasteiger partial charge in [0.05, 0.1) is 11.3 Å². The molecule has 0 aliphatic heterocycles. The molecule has 0 aromatic heterocycles. The van der Waals surface area contributed by atoms with Gasteiger partial charge in [-0.15, -0.1) is 0 Å². The number of benzene rings is 2. The third-order valence-electron chi connectivity index (χ3n) is 4.57. The van der Waals surface area contributed by atoms with Crippen LogP contribution in [-0.4, -0.2) is 24.7 Å². The summed E-state index contributed by atoms with van der Waals surface area (Å²) in [5.74, 6) is -0.243. The van der Waals surface area contributed by atoms with Crippen LogP contribution in [0.2, 0.25) is 0 Å². The van der Waals surface area contributed by atoms with Gasteiger partial charge in [0, 0.05) is 17.7 Å². The van der Waals surface area contributed by atoms with Crippen molar-refractivity contribution in [1.82, 2.24) is 5.32 Å². The number of ketones is 2. The molecule has 0 unspecified atom stereocenters. The zero-order valence-corrected chi connectivity index (χ0v) is 14.6. The summed E-state index contributed by atoms with van der Waals surface area (Å²) in [7, 11) is 0. The van der Waals surface area contributed by atoms with E-state index in [1.807, 2.05) is 56.3 Å². The van der Waals surface area contributed by atoms with E-state index in [9.17, 15) is 9.59 Å². The predicted molar refractivity (Wildman–Crippen MR) is 99.6 cm³/mol. The van der Waals surface area contributed by atoms with Gasteiger partial charge in [0.2, 0.25) is 5.78 Å². The molecule has 4 nitrogen and oxygen atoms in total. The minimum absolute atomic E-state index is 0.112. The fourth-order valence-corrected chi connectivity index (χ4v) is 3.05. The van der Waals surface area contributed by atoms with Crippen molar-refractivity contribution in [2.45, 2.75) is 20.3 Å². The quantitative estimate of drug-likeness (QED) is 0.825. The maximum absolute atomic E-state index is 13.2. The maximum Gasteiger partial charge on any atom is 0.210 e. The zero-order chi connectivity index (χ0) is 18.0. The van der Waals surface area contributed by atoms with Gasteiger partial charge < -0.3 is 11.1 Å². The lowest BCUT2D eigenvalue weighted by molar-refractivity contribution is 0.0985. The molecule has 4 heteroatoms. The lowest BCUT2D eigenvalue weighted by Crippen LogP contribution is -2.31. The Balaban J connectivity index is 2.17. The molecule has 3 N–H and O–H groups in total. The molecule has 0 heterocycles. The van der Waals surface area contributed by atoms with Crippen molar-refractivity contribution >= 4 is 17.1 Å². The maximum atomic E-state index is 13.2. The van der Waals surface area contributed by atoms with Gasteiger partial charge >= 0.3 is 0 Å². The summed E-state index contributed by atoms with van der Waals surface area (Å²) in [5.41, 5.74) is 10.1. The third-order valence-corrected chi connectivity index (χ3v) is 4.57. The monoisotopic (exact) mass is 334 g/mol. The average molecular weight is 334 g/mol. The predicted octanol–water partition coefficient (Wildman–Crippen LogP) is 3.03. The Morgan fingerprint density at radius 1 is 0.920 bits per heavy atom. The summed E-state index contributed by atoms with van der Waals surface area (Å²) in [4.78, 5) is 26.3. The number of carbonyl (C=O) groups is 2. The summed E-state index contributed by atoms with van der Waals surface area (Å²) in [6.45, 7) is 4.99. The summed E-state index contributed by atoms with van der Waals surface area (Å²) < 4.78 is 0. The van der Waals surface area contributed by atoms with Crippen LogP contribution in [0.1, 0.15) is 43.8 Å². The standard InChI is InChI=1S/C21H22N2O2/c1-13-11-16-17(12-14(13)2)21(25)19(23-10-6-9-22)18(20(16)24)15-7-4-3-5-8-15/h3-5,7-8,11-12,23H,6,9-10,22H2,1-2H3. The van der Waals surface area contributed by atoms with Gasteiger partial charge in [-0.3, -0.25) is 9.59 Å². The average Bonchev–Trinajstić information content (AvgIpc) is 2.62. The molecule has 128 valence electrons. The van der Waals surface area contributed by atoms with Gasteiger partial charge in [-0.05, 0) is 55.6 Å². The van der Waals surface area contributed by atoms with Gasteiger partial charge in [-0.1, -0.05) is 30.3 Å². The molecule has 3 rings (SSSR count). The largest absolute Gasteiger partial charge is 0.381 e. The van der Waals surface area contributed by atoms with Crippen molar-refractivity contribution < 1.29 is 9.59 Å². The molecule has 0 bridgehead atoms. The number of fused-ring (bicyclic) bond motifs is 1. The van der Waals surface area contributed by atoms with Crippen molar-refractivity contribution in [1.29, 1.82) is 0 Å².